The number of anilines is 1. The Morgan fingerprint density at radius 3 is 2.61 bits per heavy atom. The van der Waals surface area contributed by atoms with Crippen molar-refractivity contribution in [2.45, 2.75) is 26.2 Å². The number of nitrogens with one attached hydrogen (secondary N) is 2. The monoisotopic (exact) mass is 444 g/mol. The highest BCUT2D eigenvalue weighted by molar-refractivity contribution is 7.17. The maximum absolute atomic E-state index is 12.3. The van der Waals surface area contributed by atoms with E-state index in [4.69, 9.17) is 9.47 Å². The average Bonchev–Trinajstić information content (AvgIpc) is 3.12. The predicted octanol–water partition coefficient (Wildman–Crippen LogP) is 2.57. The number of benzene rings is 1. The van der Waals surface area contributed by atoms with Gasteiger partial charge in [-0.15, -0.1) is 11.3 Å². The van der Waals surface area contributed by atoms with Gasteiger partial charge in [0.2, 0.25) is 0 Å². The van der Waals surface area contributed by atoms with Crippen LogP contribution in [0.3, 0.4) is 0 Å². The molecule has 0 aliphatic heterocycles. The molecule has 2 aromatic rings. The lowest BCUT2D eigenvalue weighted by Crippen LogP contribution is -2.32. The van der Waals surface area contributed by atoms with Gasteiger partial charge in [-0.05, 0) is 42.9 Å². The van der Waals surface area contributed by atoms with Gasteiger partial charge in [0.25, 0.3) is 11.8 Å². The van der Waals surface area contributed by atoms with E-state index in [-0.39, 0.29) is 6.54 Å². The molecule has 1 aliphatic carbocycles. The van der Waals surface area contributed by atoms with Crippen LogP contribution in [0.4, 0.5) is 5.00 Å². The van der Waals surface area contributed by atoms with Crippen LogP contribution in [0, 0.1) is 5.92 Å². The number of amides is 2. The molecule has 1 aliphatic rings. The number of rotatable bonds is 7. The van der Waals surface area contributed by atoms with Crippen molar-refractivity contribution in [3.8, 4) is 0 Å². The predicted molar refractivity (Wildman–Crippen MR) is 115 cm³/mol. The van der Waals surface area contributed by atoms with Crippen LogP contribution in [0.25, 0.3) is 0 Å². The zero-order valence-electron chi connectivity index (χ0n) is 17.4. The summed E-state index contributed by atoms with van der Waals surface area (Å²) < 4.78 is 9.82. The number of hydrogen-bond acceptors (Lipinski definition) is 7. The lowest BCUT2D eigenvalue weighted by atomic mass is 9.88. The quantitative estimate of drug-likeness (QED) is 0.635. The van der Waals surface area contributed by atoms with Crippen LogP contribution in [-0.4, -0.2) is 44.0 Å². The fraction of sp³-hybridized carbons (Fsp3) is 0.364. The van der Waals surface area contributed by atoms with Crippen molar-refractivity contribution in [1.82, 2.24) is 5.32 Å². The maximum atomic E-state index is 12.3. The minimum Gasteiger partial charge on any atom is -0.465 e. The van der Waals surface area contributed by atoms with E-state index in [1.165, 1.54) is 18.4 Å². The molecule has 3 rings (SSSR count). The molecule has 164 valence electrons. The van der Waals surface area contributed by atoms with Crippen molar-refractivity contribution in [3.05, 3.63) is 51.9 Å². The number of fused-ring (bicyclic) bond motifs is 1. The summed E-state index contributed by atoms with van der Waals surface area (Å²) in [5, 5.41) is 5.50. The molecule has 1 aromatic heterocycles. The molecule has 0 fully saturated rings. The molecule has 0 bridgehead atoms. The number of carbonyl (C=O) groups is 4. The van der Waals surface area contributed by atoms with E-state index < -0.39 is 30.4 Å². The highest BCUT2D eigenvalue weighted by atomic mass is 32.1. The summed E-state index contributed by atoms with van der Waals surface area (Å²) in [6, 6.07) is 8.44. The number of esters is 2. The van der Waals surface area contributed by atoms with Crippen LogP contribution < -0.4 is 10.6 Å². The molecular weight excluding hydrogens is 420 g/mol. The molecule has 0 radical (unpaired) electrons. The third kappa shape index (κ3) is 5.69. The third-order valence-electron chi connectivity index (χ3n) is 4.95. The zero-order valence-corrected chi connectivity index (χ0v) is 18.2. The molecular formula is C22H24N2O6S. The Labute approximate surface area is 183 Å². The summed E-state index contributed by atoms with van der Waals surface area (Å²) in [6.07, 6.45) is 2.56. The fourth-order valence-electron chi connectivity index (χ4n) is 3.36. The SMILES string of the molecule is COC(=O)c1c(NC(=O)COC(=O)CNC(=O)c2ccccc2)sc2c1CCC(C)C2. The number of methoxy groups -OCH3 is 1. The first-order chi connectivity index (χ1) is 14.9. The molecule has 0 saturated carbocycles. The van der Waals surface area contributed by atoms with E-state index >= 15 is 0 Å². The first-order valence-corrected chi connectivity index (χ1v) is 10.7. The van der Waals surface area contributed by atoms with Crippen molar-refractivity contribution in [2.75, 3.05) is 25.6 Å². The summed E-state index contributed by atoms with van der Waals surface area (Å²) in [5.41, 5.74) is 1.72. The van der Waals surface area contributed by atoms with Crippen molar-refractivity contribution >= 4 is 40.1 Å². The second-order valence-electron chi connectivity index (χ2n) is 7.31. The molecule has 2 amide bonds. The lowest BCUT2D eigenvalue weighted by molar-refractivity contribution is -0.146. The number of hydrogen-bond donors (Lipinski definition) is 2. The van der Waals surface area contributed by atoms with Gasteiger partial charge in [0.1, 0.15) is 11.5 Å². The van der Waals surface area contributed by atoms with Crippen LogP contribution >= 0.6 is 11.3 Å². The van der Waals surface area contributed by atoms with Gasteiger partial charge in [0.15, 0.2) is 6.61 Å². The van der Waals surface area contributed by atoms with Crippen LogP contribution in [0.1, 0.15) is 44.5 Å². The van der Waals surface area contributed by atoms with Gasteiger partial charge >= 0.3 is 11.9 Å². The molecule has 31 heavy (non-hydrogen) atoms. The van der Waals surface area contributed by atoms with Gasteiger partial charge in [-0.3, -0.25) is 14.4 Å². The van der Waals surface area contributed by atoms with Gasteiger partial charge in [0.05, 0.1) is 12.7 Å². The molecule has 0 saturated heterocycles. The van der Waals surface area contributed by atoms with E-state index in [1.807, 2.05) is 0 Å². The molecule has 9 heteroatoms. The highest BCUT2D eigenvalue weighted by Gasteiger charge is 2.29. The Hall–Kier alpha value is -3.20. The average molecular weight is 445 g/mol. The van der Waals surface area contributed by atoms with Crippen LogP contribution in [0.15, 0.2) is 30.3 Å². The molecule has 1 aromatic carbocycles. The lowest BCUT2D eigenvalue weighted by Gasteiger charge is -2.18. The summed E-state index contributed by atoms with van der Waals surface area (Å²) in [4.78, 5) is 49.4. The molecule has 2 N–H and O–H groups in total. The summed E-state index contributed by atoms with van der Waals surface area (Å²) in [5.74, 6) is -1.72. The van der Waals surface area contributed by atoms with Gasteiger partial charge in [-0.25, -0.2) is 4.79 Å². The third-order valence-corrected chi connectivity index (χ3v) is 6.12. The van der Waals surface area contributed by atoms with E-state index in [2.05, 4.69) is 17.6 Å². The van der Waals surface area contributed by atoms with Crippen molar-refractivity contribution < 1.29 is 28.7 Å². The van der Waals surface area contributed by atoms with Crippen LogP contribution in [0.5, 0.6) is 0 Å². The topological polar surface area (TPSA) is 111 Å². The minimum atomic E-state index is -0.744. The highest BCUT2D eigenvalue weighted by Crippen LogP contribution is 2.39. The van der Waals surface area contributed by atoms with Gasteiger partial charge < -0.3 is 20.1 Å². The second kappa shape index (κ2) is 10.2. The molecule has 1 atom stereocenters. The van der Waals surface area contributed by atoms with Gasteiger partial charge in [-0.2, -0.15) is 0 Å². The first kappa shape index (κ1) is 22.5. The van der Waals surface area contributed by atoms with Crippen molar-refractivity contribution in [3.63, 3.8) is 0 Å². The Morgan fingerprint density at radius 2 is 1.90 bits per heavy atom. The first-order valence-electron chi connectivity index (χ1n) is 9.90. The Bertz CT molecular complexity index is 985. The van der Waals surface area contributed by atoms with Crippen LogP contribution in [0.2, 0.25) is 0 Å². The minimum absolute atomic E-state index is 0.362. The zero-order chi connectivity index (χ0) is 22.4. The second-order valence-corrected chi connectivity index (χ2v) is 8.41. The van der Waals surface area contributed by atoms with Crippen LogP contribution in [-0.2, 0) is 31.9 Å². The van der Waals surface area contributed by atoms with E-state index in [9.17, 15) is 19.2 Å². The Morgan fingerprint density at radius 1 is 1.16 bits per heavy atom. The van der Waals surface area contributed by atoms with E-state index in [0.29, 0.717) is 22.0 Å². The summed E-state index contributed by atoms with van der Waals surface area (Å²) >= 11 is 1.35. The number of carbonyl (C=O) groups excluding carboxylic acids is 4. The largest absolute Gasteiger partial charge is 0.465 e. The van der Waals surface area contributed by atoms with Gasteiger partial charge in [0, 0.05) is 10.4 Å². The smallest absolute Gasteiger partial charge is 0.341 e. The van der Waals surface area contributed by atoms with Crippen molar-refractivity contribution in [1.29, 1.82) is 0 Å². The molecule has 1 heterocycles. The fourth-order valence-corrected chi connectivity index (χ4v) is 4.78. The Kier molecular flexibility index (Phi) is 7.41. The molecule has 8 nitrogen and oxygen atoms in total. The number of ether oxygens (including phenoxy) is 2. The van der Waals surface area contributed by atoms with E-state index in [1.54, 1.807) is 30.3 Å². The Balaban J connectivity index is 1.54. The normalized spacial score (nSPS) is 14.8. The molecule has 1 unspecified atom stereocenters. The van der Waals surface area contributed by atoms with Gasteiger partial charge in [-0.1, -0.05) is 25.1 Å². The van der Waals surface area contributed by atoms with E-state index in [0.717, 1.165) is 29.7 Å². The standard InChI is InChI=1S/C22H24N2O6S/c1-13-8-9-15-16(10-13)31-21(19(15)22(28)29-2)24-17(25)12-30-18(26)11-23-20(27)14-6-4-3-5-7-14/h3-7,13H,8-12H2,1-2H3,(H,23,27)(H,24,25). The maximum Gasteiger partial charge on any atom is 0.341 e. The summed E-state index contributed by atoms with van der Waals surface area (Å²) in [7, 11) is 1.30. The summed E-state index contributed by atoms with van der Waals surface area (Å²) in [6.45, 7) is 1.26. The molecule has 0 spiro atoms. The number of thiophene rings is 1. The van der Waals surface area contributed by atoms with Crippen molar-refractivity contribution in [2.24, 2.45) is 5.92 Å².